The maximum Gasteiger partial charge on any atom is 0.170 e. The molecule has 4 heterocycles. The number of furan rings is 1. The van der Waals surface area contributed by atoms with E-state index in [9.17, 15) is 0 Å². The molecule has 5 rings (SSSR count). The number of hydrogen-bond donors (Lipinski definition) is 1. The Morgan fingerprint density at radius 1 is 1.19 bits per heavy atom. The van der Waals surface area contributed by atoms with Crippen LogP contribution in [0.25, 0.3) is 11.3 Å². The summed E-state index contributed by atoms with van der Waals surface area (Å²) in [4.78, 5) is 6.78. The molecule has 0 radical (unpaired) electrons. The van der Waals surface area contributed by atoms with Crippen molar-refractivity contribution in [2.75, 3.05) is 13.2 Å². The summed E-state index contributed by atoms with van der Waals surface area (Å²) in [6.45, 7) is 3.55. The van der Waals surface area contributed by atoms with Gasteiger partial charge in [0.25, 0.3) is 0 Å². The SMILES string of the molecule is Cc1c(Cl)cccc1-c1ccc([C@H]2[C@H](c3ccccn3)NC(=S)N2C[C@@H]2CCCO2)o1. The molecule has 0 saturated carbocycles. The van der Waals surface area contributed by atoms with Crippen molar-refractivity contribution in [1.29, 1.82) is 0 Å². The fourth-order valence-corrected chi connectivity index (χ4v) is 4.94. The molecular formula is C24H24ClN3O2S. The van der Waals surface area contributed by atoms with E-state index in [1.807, 2.05) is 61.7 Å². The van der Waals surface area contributed by atoms with Gasteiger partial charge in [0.15, 0.2) is 5.11 Å². The normalized spacial score (nSPS) is 23.4. The monoisotopic (exact) mass is 453 g/mol. The van der Waals surface area contributed by atoms with Crippen molar-refractivity contribution < 1.29 is 9.15 Å². The van der Waals surface area contributed by atoms with Crippen LogP contribution >= 0.6 is 23.8 Å². The van der Waals surface area contributed by atoms with Crippen LogP contribution in [0.5, 0.6) is 0 Å². The summed E-state index contributed by atoms with van der Waals surface area (Å²) < 4.78 is 12.3. The summed E-state index contributed by atoms with van der Waals surface area (Å²) in [5.74, 6) is 1.64. The van der Waals surface area contributed by atoms with Crippen molar-refractivity contribution in [2.24, 2.45) is 0 Å². The minimum absolute atomic E-state index is 0.102. The van der Waals surface area contributed by atoms with Crippen LogP contribution in [0.3, 0.4) is 0 Å². The van der Waals surface area contributed by atoms with E-state index in [1.165, 1.54) is 0 Å². The largest absolute Gasteiger partial charge is 0.459 e. The van der Waals surface area contributed by atoms with Crippen molar-refractivity contribution in [2.45, 2.75) is 38.0 Å². The van der Waals surface area contributed by atoms with Crippen LogP contribution in [0, 0.1) is 6.92 Å². The Bertz CT molecular complexity index is 1080. The van der Waals surface area contributed by atoms with Gasteiger partial charge < -0.3 is 19.4 Å². The standard InChI is InChI=1S/C24H24ClN3O2S/c1-15-17(7-4-8-18(15)25)20-10-11-21(30-20)23-22(19-9-2-3-12-26-19)27-24(31)28(23)14-16-6-5-13-29-16/h2-4,7-12,16,22-23H,5-6,13-14H2,1H3,(H,27,31)/t16-,22-,23-/m0/s1. The van der Waals surface area contributed by atoms with Gasteiger partial charge in [-0.15, -0.1) is 0 Å². The van der Waals surface area contributed by atoms with E-state index < -0.39 is 0 Å². The van der Waals surface area contributed by atoms with Gasteiger partial charge in [-0.2, -0.15) is 0 Å². The van der Waals surface area contributed by atoms with Crippen molar-refractivity contribution in [3.05, 3.63) is 76.8 Å². The summed E-state index contributed by atoms with van der Waals surface area (Å²) >= 11 is 12.1. The van der Waals surface area contributed by atoms with Gasteiger partial charge in [0.05, 0.1) is 17.8 Å². The number of ether oxygens (including phenoxy) is 1. The van der Waals surface area contributed by atoms with E-state index in [2.05, 4.69) is 15.2 Å². The average Bonchev–Trinajstić information content (AvgIpc) is 3.52. The second-order valence-corrected chi connectivity index (χ2v) is 8.82. The second kappa shape index (κ2) is 8.61. The maximum absolute atomic E-state index is 6.42. The molecule has 0 unspecified atom stereocenters. The van der Waals surface area contributed by atoms with Gasteiger partial charge in [-0.3, -0.25) is 4.98 Å². The highest BCUT2D eigenvalue weighted by molar-refractivity contribution is 7.80. The van der Waals surface area contributed by atoms with E-state index in [4.69, 9.17) is 33.0 Å². The third kappa shape index (κ3) is 3.95. The summed E-state index contributed by atoms with van der Waals surface area (Å²) in [6.07, 6.45) is 4.12. The fourth-order valence-electron chi connectivity index (χ4n) is 4.45. The fraction of sp³-hybridized carbons (Fsp3) is 0.333. The third-order valence-corrected chi connectivity index (χ3v) is 6.84. The second-order valence-electron chi connectivity index (χ2n) is 8.03. The maximum atomic E-state index is 6.42. The molecule has 1 aromatic carbocycles. The van der Waals surface area contributed by atoms with E-state index in [0.29, 0.717) is 5.11 Å². The number of halogens is 1. The minimum atomic E-state index is -0.111. The van der Waals surface area contributed by atoms with Gasteiger partial charge in [0.2, 0.25) is 0 Å². The van der Waals surface area contributed by atoms with Gasteiger partial charge in [-0.05, 0) is 67.9 Å². The van der Waals surface area contributed by atoms with Crippen LogP contribution < -0.4 is 5.32 Å². The summed E-state index contributed by atoms with van der Waals surface area (Å²) in [5, 5.41) is 4.90. The molecule has 0 spiro atoms. The van der Waals surface area contributed by atoms with Crippen LogP contribution in [-0.4, -0.2) is 34.3 Å². The van der Waals surface area contributed by atoms with Crippen LogP contribution in [0.15, 0.2) is 59.1 Å². The number of thiocarbonyl (C=S) groups is 1. The summed E-state index contributed by atoms with van der Waals surface area (Å²) in [5.41, 5.74) is 2.93. The van der Waals surface area contributed by atoms with Gasteiger partial charge in [-0.25, -0.2) is 0 Å². The Hall–Kier alpha value is -2.41. The lowest BCUT2D eigenvalue weighted by atomic mass is 10.0. The first-order chi connectivity index (χ1) is 15.1. The van der Waals surface area contributed by atoms with Crippen molar-refractivity contribution in [3.63, 3.8) is 0 Å². The number of aromatic nitrogens is 1. The molecule has 3 atom stereocenters. The zero-order valence-corrected chi connectivity index (χ0v) is 18.8. The lowest BCUT2D eigenvalue weighted by molar-refractivity contribution is 0.0818. The highest BCUT2D eigenvalue weighted by Gasteiger charge is 2.42. The molecule has 160 valence electrons. The summed E-state index contributed by atoms with van der Waals surface area (Å²) in [7, 11) is 0. The van der Waals surface area contributed by atoms with Crippen molar-refractivity contribution in [3.8, 4) is 11.3 Å². The first-order valence-electron chi connectivity index (χ1n) is 10.6. The molecule has 31 heavy (non-hydrogen) atoms. The van der Waals surface area contributed by atoms with E-state index in [1.54, 1.807) is 0 Å². The summed E-state index contributed by atoms with van der Waals surface area (Å²) in [6, 6.07) is 15.6. The van der Waals surface area contributed by atoms with Crippen LogP contribution in [0.2, 0.25) is 5.02 Å². The predicted octanol–water partition coefficient (Wildman–Crippen LogP) is 5.45. The number of pyridine rings is 1. The molecule has 7 heteroatoms. The molecule has 0 amide bonds. The number of rotatable bonds is 5. The topological polar surface area (TPSA) is 50.5 Å². The van der Waals surface area contributed by atoms with Gasteiger partial charge in [0.1, 0.15) is 17.6 Å². The number of hydrogen-bond acceptors (Lipinski definition) is 4. The van der Waals surface area contributed by atoms with Gasteiger partial charge in [-0.1, -0.05) is 29.8 Å². The molecule has 1 N–H and O–H groups in total. The van der Waals surface area contributed by atoms with Gasteiger partial charge in [0, 0.05) is 29.9 Å². The highest BCUT2D eigenvalue weighted by Crippen LogP contribution is 2.41. The molecule has 2 aliphatic heterocycles. The van der Waals surface area contributed by atoms with Crippen LogP contribution in [0.1, 0.15) is 41.9 Å². The first kappa shape index (κ1) is 20.5. The molecule has 0 bridgehead atoms. The molecule has 3 aromatic rings. The average molecular weight is 454 g/mol. The highest BCUT2D eigenvalue weighted by atomic mass is 35.5. The molecule has 2 fully saturated rings. The molecular weight excluding hydrogens is 430 g/mol. The molecule has 2 aromatic heterocycles. The van der Waals surface area contributed by atoms with Crippen LogP contribution in [-0.2, 0) is 4.74 Å². The van der Waals surface area contributed by atoms with Crippen LogP contribution in [0.4, 0.5) is 0 Å². The Balaban J connectivity index is 1.52. The first-order valence-corrected chi connectivity index (χ1v) is 11.4. The van der Waals surface area contributed by atoms with E-state index >= 15 is 0 Å². The Labute approximate surface area is 192 Å². The third-order valence-electron chi connectivity index (χ3n) is 6.07. The van der Waals surface area contributed by atoms with Crippen molar-refractivity contribution in [1.82, 2.24) is 15.2 Å². The Morgan fingerprint density at radius 3 is 2.87 bits per heavy atom. The molecule has 2 saturated heterocycles. The quantitative estimate of drug-likeness (QED) is 0.518. The molecule has 5 nitrogen and oxygen atoms in total. The Kier molecular flexibility index (Phi) is 5.69. The molecule has 0 aliphatic carbocycles. The van der Waals surface area contributed by atoms with E-state index in [-0.39, 0.29) is 18.2 Å². The zero-order chi connectivity index (χ0) is 21.4. The number of nitrogens with zero attached hydrogens (tertiary/aromatic N) is 2. The zero-order valence-electron chi connectivity index (χ0n) is 17.3. The number of nitrogens with one attached hydrogen (secondary N) is 1. The molecule has 2 aliphatic rings. The minimum Gasteiger partial charge on any atom is -0.459 e. The van der Waals surface area contributed by atoms with Gasteiger partial charge >= 0.3 is 0 Å². The van der Waals surface area contributed by atoms with Crippen molar-refractivity contribution >= 4 is 28.9 Å². The number of benzene rings is 1. The lowest BCUT2D eigenvalue weighted by Gasteiger charge is -2.28. The Morgan fingerprint density at radius 2 is 2.10 bits per heavy atom. The van der Waals surface area contributed by atoms with E-state index in [0.717, 1.165) is 59.4 Å². The smallest absolute Gasteiger partial charge is 0.170 e. The predicted molar refractivity (Wildman–Crippen MR) is 125 cm³/mol. The lowest BCUT2D eigenvalue weighted by Crippen LogP contribution is -2.36.